The summed E-state index contributed by atoms with van der Waals surface area (Å²) >= 11 is 0. The highest BCUT2D eigenvalue weighted by molar-refractivity contribution is 7.51. The van der Waals surface area contributed by atoms with E-state index >= 15 is 0 Å². The molecule has 0 saturated heterocycles. The molecule has 0 unspecified atom stereocenters. The maximum absolute atomic E-state index is 11.2. The lowest BCUT2D eigenvalue weighted by molar-refractivity contribution is -0.142. The second-order valence-electron chi connectivity index (χ2n) is 3.71. The number of nitrogens with one attached hydrogen (secondary N) is 1. The summed E-state index contributed by atoms with van der Waals surface area (Å²) in [6.45, 7) is 0.0420. The fourth-order valence-corrected chi connectivity index (χ4v) is 1.69. The smallest absolute Gasteiger partial charge is 0.339 e. The van der Waals surface area contributed by atoms with Crippen molar-refractivity contribution in [3.05, 3.63) is 35.9 Å². The molecule has 1 aromatic carbocycles. The van der Waals surface area contributed by atoms with E-state index in [1.54, 1.807) is 0 Å². The molecule has 100 valence electrons. The predicted octanol–water partition coefficient (Wildman–Crippen LogP) is 0.497. The van der Waals surface area contributed by atoms with Crippen molar-refractivity contribution in [3.8, 4) is 0 Å². The van der Waals surface area contributed by atoms with Crippen LogP contribution < -0.4 is 5.32 Å². The molecule has 1 aromatic rings. The third-order valence-electron chi connectivity index (χ3n) is 2.08. The van der Waals surface area contributed by atoms with Crippen molar-refractivity contribution >= 4 is 13.6 Å². The first-order chi connectivity index (χ1) is 8.47. The van der Waals surface area contributed by atoms with Crippen LogP contribution in [0.25, 0.3) is 0 Å². The first-order valence-electron chi connectivity index (χ1n) is 5.42. The quantitative estimate of drug-likeness (QED) is 0.494. The minimum atomic E-state index is -4.11. The average Bonchev–Trinajstić information content (AvgIpc) is 2.28. The molecule has 0 aliphatic rings. The van der Waals surface area contributed by atoms with Crippen molar-refractivity contribution in [1.82, 2.24) is 5.32 Å². The largest absolute Gasteiger partial charge is 0.464 e. The van der Waals surface area contributed by atoms with E-state index in [-0.39, 0.29) is 13.2 Å². The van der Waals surface area contributed by atoms with Crippen LogP contribution in [0.2, 0.25) is 0 Å². The van der Waals surface area contributed by atoms with Crippen molar-refractivity contribution < 1.29 is 23.9 Å². The van der Waals surface area contributed by atoms with Crippen LogP contribution in [0.3, 0.4) is 0 Å². The number of carbonyl (C=O) groups is 1. The maximum Gasteiger partial charge on any atom is 0.339 e. The second-order valence-corrected chi connectivity index (χ2v) is 5.35. The molecule has 0 atom stereocenters. The molecular formula is C11H16NO5P. The molecule has 3 N–H and O–H groups in total. The molecule has 0 heterocycles. The summed E-state index contributed by atoms with van der Waals surface area (Å²) in [5.74, 6) is -0.528. The average molecular weight is 273 g/mol. The van der Waals surface area contributed by atoms with E-state index in [4.69, 9.17) is 14.5 Å². The zero-order chi connectivity index (χ0) is 13.4. The van der Waals surface area contributed by atoms with Gasteiger partial charge in [-0.3, -0.25) is 14.7 Å². The Morgan fingerprint density at radius 3 is 2.56 bits per heavy atom. The summed E-state index contributed by atoms with van der Waals surface area (Å²) < 4.78 is 15.4. The van der Waals surface area contributed by atoms with Crippen molar-refractivity contribution in [1.29, 1.82) is 0 Å². The van der Waals surface area contributed by atoms with Crippen LogP contribution in [0.5, 0.6) is 0 Å². The van der Waals surface area contributed by atoms with Crippen LogP contribution >= 0.6 is 7.60 Å². The molecule has 0 radical (unpaired) electrons. The summed E-state index contributed by atoms with van der Waals surface area (Å²) in [5.41, 5.74) is 1.06. The number of benzene rings is 1. The maximum atomic E-state index is 11.2. The van der Waals surface area contributed by atoms with E-state index in [1.807, 2.05) is 30.3 Å². The molecule has 18 heavy (non-hydrogen) atoms. The van der Waals surface area contributed by atoms with Gasteiger partial charge in [-0.15, -0.1) is 0 Å². The fourth-order valence-electron chi connectivity index (χ4n) is 1.28. The van der Waals surface area contributed by atoms with Gasteiger partial charge < -0.3 is 14.5 Å². The van der Waals surface area contributed by atoms with Crippen LogP contribution in [0, 0.1) is 0 Å². The Morgan fingerprint density at radius 1 is 1.28 bits per heavy atom. The number of ether oxygens (including phenoxy) is 1. The highest BCUT2D eigenvalue weighted by Gasteiger charge is 2.12. The van der Waals surface area contributed by atoms with Gasteiger partial charge in [-0.1, -0.05) is 30.3 Å². The topological polar surface area (TPSA) is 95.9 Å². The van der Waals surface area contributed by atoms with Gasteiger partial charge in [-0.05, 0) is 5.56 Å². The first-order valence-corrected chi connectivity index (χ1v) is 7.22. The number of carbonyl (C=O) groups excluding carboxylic acids is 1. The SMILES string of the molecule is O=C(CNCP(=O)(O)O)OCCc1ccccc1. The molecule has 0 fully saturated rings. The minimum Gasteiger partial charge on any atom is -0.464 e. The van der Waals surface area contributed by atoms with Gasteiger partial charge in [0.1, 0.15) is 0 Å². The van der Waals surface area contributed by atoms with Gasteiger partial charge in [0.2, 0.25) is 0 Å². The number of hydrogen-bond acceptors (Lipinski definition) is 4. The third kappa shape index (κ3) is 7.19. The molecular weight excluding hydrogens is 257 g/mol. The number of hydrogen-bond donors (Lipinski definition) is 3. The van der Waals surface area contributed by atoms with Gasteiger partial charge >= 0.3 is 13.6 Å². The van der Waals surface area contributed by atoms with E-state index in [0.717, 1.165) is 5.56 Å². The highest BCUT2D eigenvalue weighted by atomic mass is 31.2. The monoisotopic (exact) mass is 273 g/mol. The molecule has 0 aliphatic carbocycles. The molecule has 0 aliphatic heterocycles. The Morgan fingerprint density at radius 2 is 1.94 bits per heavy atom. The zero-order valence-corrected chi connectivity index (χ0v) is 10.7. The second kappa shape index (κ2) is 7.28. The lowest BCUT2D eigenvalue weighted by atomic mass is 10.2. The Hall–Kier alpha value is -1.20. The fraction of sp³-hybridized carbons (Fsp3) is 0.364. The van der Waals surface area contributed by atoms with E-state index in [2.05, 4.69) is 5.32 Å². The van der Waals surface area contributed by atoms with Crippen molar-refractivity contribution in [2.75, 3.05) is 19.4 Å². The van der Waals surface area contributed by atoms with Gasteiger partial charge in [-0.25, -0.2) is 0 Å². The Kier molecular flexibility index (Phi) is 6.01. The number of rotatable bonds is 7. The lowest BCUT2D eigenvalue weighted by Crippen LogP contribution is -2.26. The summed E-state index contributed by atoms with van der Waals surface area (Å²) in [7, 11) is -4.11. The van der Waals surface area contributed by atoms with Crippen LogP contribution in [0.4, 0.5) is 0 Å². The molecule has 0 saturated carbocycles. The molecule has 7 heteroatoms. The minimum absolute atomic E-state index is 0.208. The van der Waals surface area contributed by atoms with Crippen LogP contribution in [-0.2, 0) is 20.5 Å². The predicted molar refractivity (Wildman–Crippen MR) is 66.0 cm³/mol. The zero-order valence-electron chi connectivity index (χ0n) is 9.78. The molecule has 0 amide bonds. The van der Waals surface area contributed by atoms with Crippen LogP contribution in [-0.4, -0.2) is 35.2 Å². The Labute approximate surface area is 105 Å². The summed E-state index contributed by atoms with van der Waals surface area (Å²) in [6, 6.07) is 9.57. The third-order valence-corrected chi connectivity index (χ3v) is 2.72. The van der Waals surface area contributed by atoms with Gasteiger partial charge in [-0.2, -0.15) is 0 Å². The van der Waals surface area contributed by atoms with Gasteiger partial charge in [0.05, 0.1) is 19.4 Å². The van der Waals surface area contributed by atoms with E-state index in [0.29, 0.717) is 6.42 Å². The van der Waals surface area contributed by atoms with Gasteiger partial charge in [0, 0.05) is 6.42 Å². The van der Waals surface area contributed by atoms with Crippen molar-refractivity contribution in [3.63, 3.8) is 0 Å². The van der Waals surface area contributed by atoms with Crippen molar-refractivity contribution in [2.45, 2.75) is 6.42 Å². The first kappa shape index (κ1) is 14.9. The normalized spacial score (nSPS) is 11.2. The summed E-state index contributed by atoms with van der Waals surface area (Å²) in [6.07, 6.45) is 0.0891. The highest BCUT2D eigenvalue weighted by Crippen LogP contribution is 2.31. The van der Waals surface area contributed by atoms with E-state index < -0.39 is 19.9 Å². The summed E-state index contributed by atoms with van der Waals surface area (Å²) in [5, 5.41) is 2.34. The molecule has 0 aromatic heterocycles. The molecule has 0 spiro atoms. The lowest BCUT2D eigenvalue weighted by Gasteiger charge is -2.07. The van der Waals surface area contributed by atoms with Gasteiger partial charge in [0.15, 0.2) is 0 Å². The summed E-state index contributed by atoms with van der Waals surface area (Å²) in [4.78, 5) is 28.3. The Balaban J connectivity index is 2.12. The van der Waals surface area contributed by atoms with E-state index in [1.165, 1.54) is 0 Å². The van der Waals surface area contributed by atoms with Crippen molar-refractivity contribution in [2.24, 2.45) is 0 Å². The van der Waals surface area contributed by atoms with Crippen LogP contribution in [0.1, 0.15) is 5.56 Å². The van der Waals surface area contributed by atoms with Crippen LogP contribution in [0.15, 0.2) is 30.3 Å². The van der Waals surface area contributed by atoms with Gasteiger partial charge in [0.25, 0.3) is 0 Å². The molecule has 0 bridgehead atoms. The standard InChI is InChI=1S/C11H16NO5P/c13-11(8-12-9-18(14,15)16)17-7-6-10-4-2-1-3-5-10/h1-5,12H,6-9H2,(H2,14,15,16). The molecule has 1 rings (SSSR count). The number of esters is 1. The van der Waals surface area contributed by atoms with E-state index in [9.17, 15) is 9.36 Å². The molecule has 6 nitrogen and oxygen atoms in total. The Bertz CT molecular complexity index is 417.